The topological polar surface area (TPSA) is 20.2 Å². The summed E-state index contributed by atoms with van der Waals surface area (Å²) < 4.78 is 0. The highest BCUT2D eigenvalue weighted by Crippen LogP contribution is 2.64. The van der Waals surface area contributed by atoms with Gasteiger partial charge in [-0.05, 0) is 49.7 Å². The molecule has 0 heterocycles. The number of hydrogen-bond donors (Lipinski definition) is 1. The molecule has 2 aliphatic rings. The Morgan fingerprint density at radius 1 is 1.12 bits per heavy atom. The van der Waals surface area contributed by atoms with Gasteiger partial charge in [-0.1, -0.05) is 36.6 Å². The summed E-state index contributed by atoms with van der Waals surface area (Å²) in [4.78, 5) is 0. The van der Waals surface area contributed by atoms with Crippen LogP contribution in [0.25, 0.3) is 0 Å². The van der Waals surface area contributed by atoms with Gasteiger partial charge in [0.2, 0.25) is 0 Å². The third-order valence-corrected chi connectivity index (χ3v) is 4.61. The second-order valence-electron chi connectivity index (χ2n) is 5.64. The summed E-state index contributed by atoms with van der Waals surface area (Å²) in [5.41, 5.74) is 3.23. The van der Waals surface area contributed by atoms with Gasteiger partial charge in [0, 0.05) is 0 Å². The molecule has 0 saturated heterocycles. The molecule has 1 heteroatoms. The lowest BCUT2D eigenvalue weighted by Crippen LogP contribution is -2.12. The molecule has 16 heavy (non-hydrogen) atoms. The number of benzene rings is 1. The lowest BCUT2D eigenvalue weighted by molar-refractivity contribution is 0.117. The number of hydrogen-bond acceptors (Lipinski definition) is 1. The van der Waals surface area contributed by atoms with Crippen molar-refractivity contribution in [2.24, 2.45) is 11.8 Å². The molecule has 0 aliphatic heterocycles. The molecule has 1 aromatic carbocycles. The van der Waals surface area contributed by atoms with E-state index in [1.165, 1.54) is 42.4 Å². The van der Waals surface area contributed by atoms with Gasteiger partial charge in [-0.3, -0.25) is 0 Å². The first-order valence-electron chi connectivity index (χ1n) is 6.44. The van der Waals surface area contributed by atoms with Crippen LogP contribution in [0.1, 0.15) is 42.4 Å². The van der Waals surface area contributed by atoms with Crippen LogP contribution in [0, 0.1) is 25.7 Å². The zero-order valence-electron chi connectivity index (χ0n) is 10.2. The molecule has 2 aliphatic carbocycles. The van der Waals surface area contributed by atoms with Crippen LogP contribution in [0.3, 0.4) is 0 Å². The Kier molecular flexibility index (Phi) is 2.16. The molecule has 86 valence electrons. The SMILES string of the molecule is Cc1ccc(C)c(C2(O)C3CCCCC32)c1. The van der Waals surface area contributed by atoms with Crippen LogP contribution in [0.4, 0.5) is 0 Å². The van der Waals surface area contributed by atoms with Crippen LogP contribution < -0.4 is 0 Å². The van der Waals surface area contributed by atoms with Crippen LogP contribution >= 0.6 is 0 Å². The van der Waals surface area contributed by atoms with E-state index in [2.05, 4.69) is 32.0 Å². The number of aliphatic hydroxyl groups is 1. The molecule has 1 aromatic rings. The zero-order chi connectivity index (χ0) is 11.3. The predicted octanol–water partition coefficient (Wildman–Crippen LogP) is 3.31. The first-order valence-corrected chi connectivity index (χ1v) is 6.44. The van der Waals surface area contributed by atoms with Gasteiger partial charge in [-0.25, -0.2) is 0 Å². The minimum absolute atomic E-state index is 0.480. The van der Waals surface area contributed by atoms with E-state index in [9.17, 15) is 5.11 Å². The summed E-state index contributed by atoms with van der Waals surface area (Å²) in [6, 6.07) is 6.47. The molecule has 2 fully saturated rings. The average molecular weight is 216 g/mol. The molecule has 0 amide bonds. The molecular weight excluding hydrogens is 196 g/mol. The molecule has 2 saturated carbocycles. The molecule has 3 rings (SSSR count). The molecule has 0 aromatic heterocycles. The Morgan fingerprint density at radius 2 is 1.75 bits per heavy atom. The predicted molar refractivity (Wildman–Crippen MR) is 65.3 cm³/mol. The van der Waals surface area contributed by atoms with Crippen molar-refractivity contribution in [3.8, 4) is 0 Å². The highest BCUT2D eigenvalue weighted by atomic mass is 16.3. The third-order valence-electron chi connectivity index (χ3n) is 4.61. The fraction of sp³-hybridized carbons (Fsp3) is 0.600. The minimum atomic E-state index is -0.480. The summed E-state index contributed by atoms with van der Waals surface area (Å²) in [5, 5.41) is 10.9. The summed E-state index contributed by atoms with van der Waals surface area (Å²) in [5.74, 6) is 1.09. The van der Waals surface area contributed by atoms with E-state index in [0.29, 0.717) is 11.8 Å². The highest BCUT2D eigenvalue weighted by Gasteiger charge is 2.64. The zero-order valence-corrected chi connectivity index (χ0v) is 10.2. The van der Waals surface area contributed by atoms with Gasteiger partial charge in [0.15, 0.2) is 0 Å². The summed E-state index contributed by atoms with van der Waals surface area (Å²) in [6.07, 6.45) is 5.03. The maximum Gasteiger partial charge on any atom is 0.0962 e. The molecule has 0 radical (unpaired) electrons. The summed E-state index contributed by atoms with van der Waals surface area (Å²) >= 11 is 0. The van der Waals surface area contributed by atoms with E-state index in [1.807, 2.05) is 0 Å². The van der Waals surface area contributed by atoms with Gasteiger partial charge in [0.05, 0.1) is 5.60 Å². The Labute approximate surface area is 97.5 Å². The lowest BCUT2D eigenvalue weighted by atomic mass is 9.96. The van der Waals surface area contributed by atoms with Crippen molar-refractivity contribution < 1.29 is 5.11 Å². The molecule has 2 unspecified atom stereocenters. The fourth-order valence-corrected chi connectivity index (χ4v) is 3.66. The Hall–Kier alpha value is -0.820. The van der Waals surface area contributed by atoms with Crippen molar-refractivity contribution in [2.75, 3.05) is 0 Å². The monoisotopic (exact) mass is 216 g/mol. The van der Waals surface area contributed by atoms with Crippen molar-refractivity contribution in [3.05, 3.63) is 34.9 Å². The molecule has 1 N–H and O–H groups in total. The second kappa shape index (κ2) is 3.33. The maximum absolute atomic E-state index is 10.9. The van der Waals surface area contributed by atoms with E-state index in [1.54, 1.807) is 0 Å². The van der Waals surface area contributed by atoms with E-state index in [0.717, 1.165) is 0 Å². The largest absolute Gasteiger partial charge is 0.385 e. The van der Waals surface area contributed by atoms with Crippen molar-refractivity contribution in [2.45, 2.75) is 45.1 Å². The van der Waals surface area contributed by atoms with Gasteiger partial charge in [0.1, 0.15) is 0 Å². The Morgan fingerprint density at radius 3 is 2.38 bits per heavy atom. The Balaban J connectivity index is 2.01. The van der Waals surface area contributed by atoms with Crippen molar-refractivity contribution in [1.82, 2.24) is 0 Å². The average Bonchev–Trinajstić information content (AvgIpc) is 2.90. The Bertz CT molecular complexity index is 409. The van der Waals surface area contributed by atoms with Gasteiger partial charge in [-0.15, -0.1) is 0 Å². The van der Waals surface area contributed by atoms with E-state index < -0.39 is 5.60 Å². The number of aryl methyl sites for hydroxylation is 2. The fourth-order valence-electron chi connectivity index (χ4n) is 3.66. The quantitative estimate of drug-likeness (QED) is 0.763. The molecule has 0 bridgehead atoms. The standard InChI is InChI=1S/C15H20O/c1-10-7-8-11(2)14(9-10)15(16)12-5-3-4-6-13(12)15/h7-9,12-13,16H,3-6H2,1-2H3. The molecule has 2 atom stereocenters. The highest BCUT2D eigenvalue weighted by molar-refractivity contribution is 5.41. The van der Waals surface area contributed by atoms with Gasteiger partial charge >= 0.3 is 0 Å². The lowest BCUT2D eigenvalue weighted by Gasteiger charge is -2.15. The summed E-state index contributed by atoms with van der Waals surface area (Å²) in [7, 11) is 0. The van der Waals surface area contributed by atoms with Crippen LogP contribution in [0.2, 0.25) is 0 Å². The molecular formula is C15H20O. The number of fused-ring (bicyclic) bond motifs is 1. The third kappa shape index (κ3) is 1.27. The smallest absolute Gasteiger partial charge is 0.0962 e. The van der Waals surface area contributed by atoms with Crippen LogP contribution in [-0.2, 0) is 5.60 Å². The van der Waals surface area contributed by atoms with Crippen molar-refractivity contribution in [1.29, 1.82) is 0 Å². The van der Waals surface area contributed by atoms with Gasteiger partial charge in [0.25, 0.3) is 0 Å². The van der Waals surface area contributed by atoms with Crippen LogP contribution in [0.15, 0.2) is 18.2 Å². The molecule has 0 spiro atoms. The van der Waals surface area contributed by atoms with Gasteiger partial charge < -0.3 is 5.11 Å². The maximum atomic E-state index is 10.9. The second-order valence-corrected chi connectivity index (χ2v) is 5.64. The van der Waals surface area contributed by atoms with E-state index in [4.69, 9.17) is 0 Å². The first kappa shape index (κ1) is 10.3. The van der Waals surface area contributed by atoms with Crippen molar-refractivity contribution >= 4 is 0 Å². The number of rotatable bonds is 1. The first-order chi connectivity index (χ1) is 7.64. The van der Waals surface area contributed by atoms with E-state index >= 15 is 0 Å². The van der Waals surface area contributed by atoms with Gasteiger partial charge in [-0.2, -0.15) is 0 Å². The van der Waals surface area contributed by atoms with Crippen LogP contribution in [0.5, 0.6) is 0 Å². The minimum Gasteiger partial charge on any atom is -0.385 e. The van der Waals surface area contributed by atoms with Crippen molar-refractivity contribution in [3.63, 3.8) is 0 Å². The summed E-state index contributed by atoms with van der Waals surface area (Å²) in [6.45, 7) is 4.23. The molecule has 1 nitrogen and oxygen atoms in total. The van der Waals surface area contributed by atoms with E-state index in [-0.39, 0.29) is 0 Å². The van der Waals surface area contributed by atoms with Crippen LogP contribution in [-0.4, -0.2) is 5.11 Å². The normalized spacial score (nSPS) is 36.9.